The highest BCUT2D eigenvalue weighted by Crippen LogP contribution is 2.27. The van der Waals surface area contributed by atoms with Crippen LogP contribution in [0.15, 0.2) is 47.4 Å². The number of fused-ring (bicyclic) bond motifs is 1. The van der Waals surface area contributed by atoms with Crippen LogP contribution in [-0.2, 0) is 27.8 Å². The molecule has 1 aliphatic heterocycles. The first-order valence-corrected chi connectivity index (χ1v) is 9.10. The molecule has 3 N–H and O–H groups in total. The lowest BCUT2D eigenvalue weighted by atomic mass is 10.00. The number of nitrogen functional groups attached to an aromatic ring is 1. The lowest BCUT2D eigenvalue weighted by Crippen LogP contribution is -2.35. The third kappa shape index (κ3) is 3.21. The number of hydrogen-bond donors (Lipinski definition) is 2. The molecule has 6 nitrogen and oxygen atoms in total. The Hall–Kier alpha value is -2.54. The average Bonchev–Trinajstić information content (AvgIpc) is 2.55. The Morgan fingerprint density at radius 1 is 1.17 bits per heavy atom. The molecule has 7 heteroatoms. The van der Waals surface area contributed by atoms with Gasteiger partial charge in [0.05, 0.1) is 4.90 Å². The van der Waals surface area contributed by atoms with E-state index >= 15 is 0 Å². The lowest BCUT2D eigenvalue weighted by Gasteiger charge is -2.29. The first kappa shape index (κ1) is 16.3. The van der Waals surface area contributed by atoms with Crippen LogP contribution in [0.1, 0.15) is 18.1 Å². The topological polar surface area (TPSA) is 92.5 Å². The van der Waals surface area contributed by atoms with Gasteiger partial charge in [-0.2, -0.15) is 0 Å². The van der Waals surface area contributed by atoms with Gasteiger partial charge >= 0.3 is 0 Å². The van der Waals surface area contributed by atoms with Gasteiger partial charge in [-0.25, -0.2) is 8.42 Å². The highest BCUT2D eigenvalue weighted by molar-refractivity contribution is 7.92. The SMILES string of the molecule is CC(=O)N1CCc2c(cccc2S(=O)(=O)Nc2ccc(N)cc2)C1. The summed E-state index contributed by atoms with van der Waals surface area (Å²) >= 11 is 0. The summed E-state index contributed by atoms with van der Waals surface area (Å²) in [6.07, 6.45) is 0.522. The molecule has 0 atom stereocenters. The van der Waals surface area contributed by atoms with Gasteiger partial charge in [-0.15, -0.1) is 0 Å². The molecule has 1 aliphatic rings. The molecule has 1 amide bonds. The monoisotopic (exact) mass is 345 g/mol. The van der Waals surface area contributed by atoms with Gasteiger partial charge in [0, 0.05) is 31.4 Å². The Bertz CT molecular complexity index is 876. The smallest absolute Gasteiger partial charge is 0.262 e. The quantitative estimate of drug-likeness (QED) is 0.832. The second kappa shape index (κ2) is 6.16. The molecule has 0 radical (unpaired) electrons. The van der Waals surface area contributed by atoms with Gasteiger partial charge in [-0.3, -0.25) is 9.52 Å². The number of benzene rings is 2. The standard InChI is InChI=1S/C17H19N3O3S/c1-12(21)20-10-9-16-13(11-20)3-2-4-17(16)24(22,23)19-15-7-5-14(18)6-8-15/h2-8,19H,9-11,18H2,1H3. The summed E-state index contributed by atoms with van der Waals surface area (Å²) in [4.78, 5) is 13.5. The largest absolute Gasteiger partial charge is 0.399 e. The van der Waals surface area contributed by atoms with Crippen molar-refractivity contribution in [3.05, 3.63) is 53.6 Å². The molecule has 0 bridgehead atoms. The van der Waals surface area contributed by atoms with Gasteiger partial charge in [0.25, 0.3) is 10.0 Å². The summed E-state index contributed by atoms with van der Waals surface area (Å²) in [7, 11) is -3.70. The maximum atomic E-state index is 12.8. The molecule has 3 rings (SSSR count). The number of nitrogens with one attached hydrogen (secondary N) is 1. The van der Waals surface area contributed by atoms with Gasteiger partial charge in [0.15, 0.2) is 0 Å². The van der Waals surface area contributed by atoms with E-state index in [0.717, 1.165) is 11.1 Å². The predicted molar refractivity (Wildman–Crippen MR) is 92.9 cm³/mol. The highest BCUT2D eigenvalue weighted by atomic mass is 32.2. The normalized spacial score (nSPS) is 14.1. The van der Waals surface area contributed by atoms with Crippen LogP contribution in [0.25, 0.3) is 0 Å². The van der Waals surface area contributed by atoms with Crippen molar-refractivity contribution in [1.29, 1.82) is 0 Å². The molecule has 2 aromatic rings. The zero-order chi connectivity index (χ0) is 17.3. The summed E-state index contributed by atoms with van der Waals surface area (Å²) in [5, 5.41) is 0. The van der Waals surface area contributed by atoms with Gasteiger partial charge in [0.1, 0.15) is 0 Å². The Labute approximate surface area is 141 Å². The van der Waals surface area contributed by atoms with Crippen LogP contribution in [0.2, 0.25) is 0 Å². The van der Waals surface area contributed by atoms with Gasteiger partial charge in [0.2, 0.25) is 5.91 Å². The number of amides is 1. The molecule has 1 heterocycles. The maximum Gasteiger partial charge on any atom is 0.262 e. The highest BCUT2D eigenvalue weighted by Gasteiger charge is 2.25. The Morgan fingerprint density at radius 2 is 1.88 bits per heavy atom. The zero-order valence-corrected chi connectivity index (χ0v) is 14.1. The van der Waals surface area contributed by atoms with E-state index in [0.29, 0.717) is 30.9 Å². The molecule has 2 aromatic carbocycles. The third-order valence-corrected chi connectivity index (χ3v) is 5.59. The van der Waals surface area contributed by atoms with Gasteiger partial charge in [-0.05, 0) is 47.9 Å². The Balaban J connectivity index is 1.93. The number of nitrogens with two attached hydrogens (primary N) is 1. The number of sulfonamides is 1. The van der Waals surface area contributed by atoms with Crippen LogP contribution in [0.3, 0.4) is 0 Å². The fraction of sp³-hybridized carbons (Fsp3) is 0.235. The van der Waals surface area contributed by atoms with Crippen molar-refractivity contribution in [2.24, 2.45) is 0 Å². The number of carbonyl (C=O) groups is 1. The summed E-state index contributed by atoms with van der Waals surface area (Å²) in [6.45, 7) is 2.49. The van der Waals surface area contributed by atoms with Crippen molar-refractivity contribution >= 4 is 27.3 Å². The van der Waals surface area contributed by atoms with Crippen molar-refractivity contribution in [2.75, 3.05) is 17.0 Å². The third-order valence-electron chi connectivity index (χ3n) is 4.12. The average molecular weight is 345 g/mol. The summed E-state index contributed by atoms with van der Waals surface area (Å²) < 4.78 is 28.1. The first-order chi connectivity index (χ1) is 11.4. The number of carbonyl (C=O) groups excluding carboxylic acids is 1. The molecule has 0 spiro atoms. The number of hydrogen-bond acceptors (Lipinski definition) is 4. The van der Waals surface area contributed by atoms with Crippen molar-refractivity contribution in [3.8, 4) is 0 Å². The van der Waals surface area contributed by atoms with Crippen molar-refractivity contribution in [1.82, 2.24) is 4.90 Å². The summed E-state index contributed by atoms with van der Waals surface area (Å²) in [5.74, 6) is -0.00564. The predicted octanol–water partition coefficient (Wildman–Crippen LogP) is 1.97. The fourth-order valence-corrected chi connectivity index (χ4v) is 4.23. The summed E-state index contributed by atoms with van der Waals surface area (Å²) in [6, 6.07) is 11.7. The molecular formula is C17H19N3O3S. The number of rotatable bonds is 3. The molecule has 0 fully saturated rings. The van der Waals surface area contributed by atoms with E-state index in [2.05, 4.69) is 4.72 Å². The van der Waals surface area contributed by atoms with E-state index in [4.69, 9.17) is 5.73 Å². The summed E-state index contributed by atoms with van der Waals surface area (Å²) in [5.41, 5.74) is 8.30. The molecule has 0 saturated carbocycles. The van der Waals surface area contributed by atoms with Crippen molar-refractivity contribution < 1.29 is 13.2 Å². The van der Waals surface area contributed by atoms with E-state index in [1.54, 1.807) is 41.3 Å². The van der Waals surface area contributed by atoms with Crippen LogP contribution in [0, 0.1) is 0 Å². The van der Waals surface area contributed by atoms with Crippen LogP contribution >= 0.6 is 0 Å². The molecule has 0 saturated heterocycles. The molecular weight excluding hydrogens is 326 g/mol. The van der Waals surface area contributed by atoms with E-state index in [-0.39, 0.29) is 10.8 Å². The van der Waals surface area contributed by atoms with E-state index < -0.39 is 10.0 Å². The molecule has 24 heavy (non-hydrogen) atoms. The van der Waals surface area contributed by atoms with Crippen LogP contribution in [0.4, 0.5) is 11.4 Å². The van der Waals surface area contributed by atoms with E-state index in [1.165, 1.54) is 6.92 Å². The molecule has 0 aromatic heterocycles. The molecule has 0 aliphatic carbocycles. The minimum atomic E-state index is -3.70. The second-order valence-corrected chi connectivity index (χ2v) is 7.46. The first-order valence-electron chi connectivity index (χ1n) is 7.61. The van der Waals surface area contributed by atoms with E-state index in [1.807, 2.05) is 6.07 Å². The lowest BCUT2D eigenvalue weighted by molar-refractivity contribution is -0.129. The van der Waals surface area contributed by atoms with Gasteiger partial charge < -0.3 is 10.6 Å². The maximum absolute atomic E-state index is 12.8. The molecule has 0 unspecified atom stereocenters. The fourth-order valence-electron chi connectivity index (χ4n) is 2.86. The Morgan fingerprint density at radius 3 is 2.54 bits per heavy atom. The minimum Gasteiger partial charge on any atom is -0.399 e. The van der Waals surface area contributed by atoms with Crippen molar-refractivity contribution in [3.63, 3.8) is 0 Å². The van der Waals surface area contributed by atoms with Crippen LogP contribution < -0.4 is 10.5 Å². The zero-order valence-electron chi connectivity index (χ0n) is 13.3. The number of anilines is 2. The van der Waals surface area contributed by atoms with Crippen LogP contribution in [0.5, 0.6) is 0 Å². The van der Waals surface area contributed by atoms with E-state index in [9.17, 15) is 13.2 Å². The minimum absolute atomic E-state index is 0.00564. The van der Waals surface area contributed by atoms with Gasteiger partial charge in [-0.1, -0.05) is 12.1 Å². The van der Waals surface area contributed by atoms with Crippen molar-refractivity contribution in [2.45, 2.75) is 24.8 Å². The Kier molecular flexibility index (Phi) is 4.19. The molecule has 126 valence electrons. The number of nitrogens with zero attached hydrogens (tertiary/aromatic N) is 1. The van der Waals surface area contributed by atoms with Crippen LogP contribution in [-0.4, -0.2) is 25.8 Å². The second-order valence-electron chi connectivity index (χ2n) is 5.81.